The summed E-state index contributed by atoms with van der Waals surface area (Å²) < 4.78 is 5.43. The van der Waals surface area contributed by atoms with E-state index in [-0.39, 0.29) is 6.42 Å². The highest BCUT2D eigenvalue weighted by atomic mass is 32.1. The number of carboxylic acids is 1. The van der Waals surface area contributed by atoms with Crippen LogP contribution in [0.5, 0.6) is 0 Å². The Labute approximate surface area is 119 Å². The van der Waals surface area contributed by atoms with Crippen molar-refractivity contribution in [2.45, 2.75) is 33.6 Å². The Hall–Kier alpha value is -2.09. The third-order valence-corrected chi connectivity index (χ3v) is 3.75. The molecule has 7 nitrogen and oxygen atoms in total. The molecule has 0 aliphatic carbocycles. The average Bonchev–Trinajstić information content (AvgIpc) is 2.74. The highest BCUT2D eigenvalue weighted by Gasteiger charge is 2.16. The van der Waals surface area contributed by atoms with Crippen LogP contribution in [-0.2, 0) is 11.2 Å². The minimum Gasteiger partial charge on any atom is -0.481 e. The Bertz CT molecular complexity index is 720. The van der Waals surface area contributed by atoms with Crippen molar-refractivity contribution < 1.29 is 9.90 Å². The highest BCUT2D eigenvalue weighted by molar-refractivity contribution is 7.08. The van der Waals surface area contributed by atoms with Gasteiger partial charge in [0.15, 0.2) is 0 Å². The molecular weight excluding hydrogens is 280 g/mol. The zero-order valence-corrected chi connectivity index (χ0v) is 12.2. The van der Waals surface area contributed by atoms with Crippen molar-refractivity contribution in [1.29, 1.82) is 0 Å². The molecule has 0 spiro atoms. The first kappa shape index (κ1) is 14.3. The number of hydrogen-bond donors (Lipinski definition) is 1. The molecular formula is C12H14N4O3S. The Morgan fingerprint density at radius 3 is 2.55 bits per heavy atom. The maximum atomic E-state index is 12.0. The van der Waals surface area contributed by atoms with E-state index in [9.17, 15) is 9.59 Å². The van der Waals surface area contributed by atoms with Crippen LogP contribution in [0.2, 0.25) is 0 Å². The minimum atomic E-state index is -0.881. The van der Waals surface area contributed by atoms with Gasteiger partial charge in [-0.1, -0.05) is 0 Å². The molecule has 0 unspecified atom stereocenters. The van der Waals surface area contributed by atoms with E-state index in [1.807, 2.05) is 0 Å². The van der Waals surface area contributed by atoms with Gasteiger partial charge in [0.1, 0.15) is 5.82 Å². The van der Waals surface area contributed by atoms with Crippen molar-refractivity contribution in [2.75, 3.05) is 0 Å². The Morgan fingerprint density at radius 2 is 2.00 bits per heavy atom. The molecule has 2 rings (SSSR count). The highest BCUT2D eigenvalue weighted by Crippen LogP contribution is 2.17. The third-order valence-electron chi connectivity index (χ3n) is 2.96. The second kappa shape index (κ2) is 5.49. The van der Waals surface area contributed by atoms with Crippen LogP contribution in [-0.4, -0.2) is 30.0 Å². The molecule has 0 fully saturated rings. The summed E-state index contributed by atoms with van der Waals surface area (Å²) >= 11 is 1.12. The van der Waals surface area contributed by atoms with Gasteiger partial charge in [0.05, 0.1) is 0 Å². The van der Waals surface area contributed by atoms with Crippen LogP contribution in [0.25, 0.3) is 5.13 Å². The number of carbonyl (C=O) groups is 1. The molecule has 8 heteroatoms. The van der Waals surface area contributed by atoms with E-state index in [0.29, 0.717) is 28.8 Å². The fourth-order valence-electron chi connectivity index (χ4n) is 2.00. The molecule has 20 heavy (non-hydrogen) atoms. The predicted octanol–water partition coefficient (Wildman–Crippen LogP) is 1.03. The molecule has 1 N–H and O–H groups in total. The lowest BCUT2D eigenvalue weighted by Crippen LogP contribution is -2.26. The van der Waals surface area contributed by atoms with E-state index in [2.05, 4.69) is 14.3 Å². The van der Waals surface area contributed by atoms with Gasteiger partial charge >= 0.3 is 11.7 Å². The van der Waals surface area contributed by atoms with Gasteiger partial charge in [0.25, 0.3) is 0 Å². The van der Waals surface area contributed by atoms with Gasteiger partial charge in [0, 0.05) is 29.3 Å². The van der Waals surface area contributed by atoms with E-state index in [1.165, 1.54) is 4.57 Å². The molecule has 106 valence electrons. The number of aromatic nitrogens is 4. The standard InChI is InChI=1S/C12H14N4O3S/c1-6-9(4-5-10(17)18)7(2)16(11(19)13-6)12-14-8(3)15-20-12/h4-5H2,1-3H3,(H,17,18). The molecule has 0 aliphatic heterocycles. The maximum Gasteiger partial charge on any atom is 0.354 e. The van der Waals surface area contributed by atoms with Gasteiger partial charge in [-0.15, -0.1) is 0 Å². The molecule has 2 aromatic rings. The van der Waals surface area contributed by atoms with E-state index in [0.717, 1.165) is 17.1 Å². The Balaban J connectivity index is 2.55. The molecule has 0 aliphatic rings. The topological polar surface area (TPSA) is 98.0 Å². The summed E-state index contributed by atoms with van der Waals surface area (Å²) in [6.45, 7) is 5.22. The van der Waals surface area contributed by atoms with E-state index in [1.54, 1.807) is 20.8 Å². The lowest BCUT2D eigenvalue weighted by molar-refractivity contribution is -0.136. The summed E-state index contributed by atoms with van der Waals surface area (Å²) in [4.78, 5) is 30.9. The number of carboxylic acid groups (broad SMARTS) is 1. The van der Waals surface area contributed by atoms with E-state index >= 15 is 0 Å². The predicted molar refractivity (Wildman–Crippen MR) is 73.5 cm³/mol. The van der Waals surface area contributed by atoms with Crippen LogP contribution in [0.4, 0.5) is 0 Å². The lowest BCUT2D eigenvalue weighted by Gasteiger charge is -2.12. The van der Waals surface area contributed by atoms with Gasteiger partial charge in [-0.25, -0.2) is 14.3 Å². The van der Waals surface area contributed by atoms with Crippen molar-refractivity contribution in [3.63, 3.8) is 0 Å². The summed E-state index contributed by atoms with van der Waals surface area (Å²) in [6.07, 6.45) is 0.328. The molecule has 2 aromatic heterocycles. The van der Waals surface area contributed by atoms with Crippen LogP contribution in [0.3, 0.4) is 0 Å². The Morgan fingerprint density at radius 1 is 1.30 bits per heavy atom. The summed E-state index contributed by atoms with van der Waals surface area (Å²) in [5.74, 6) is -0.294. The van der Waals surface area contributed by atoms with Gasteiger partial charge in [-0.2, -0.15) is 9.36 Å². The van der Waals surface area contributed by atoms with Crippen LogP contribution in [0.1, 0.15) is 29.2 Å². The smallest absolute Gasteiger partial charge is 0.354 e. The first-order valence-corrected chi connectivity index (χ1v) is 6.79. The zero-order chi connectivity index (χ0) is 14.9. The summed E-state index contributed by atoms with van der Waals surface area (Å²) in [5, 5.41) is 9.24. The maximum absolute atomic E-state index is 12.0. The molecule has 2 heterocycles. The number of aliphatic carboxylic acids is 1. The number of aryl methyl sites for hydroxylation is 2. The van der Waals surface area contributed by atoms with Crippen molar-refractivity contribution in [3.8, 4) is 5.13 Å². The quantitative estimate of drug-likeness (QED) is 0.904. The minimum absolute atomic E-state index is 0.00326. The molecule has 0 atom stereocenters. The summed E-state index contributed by atoms with van der Waals surface area (Å²) in [7, 11) is 0. The molecule has 0 radical (unpaired) electrons. The first-order chi connectivity index (χ1) is 9.40. The second-order valence-corrected chi connectivity index (χ2v) is 5.13. The van der Waals surface area contributed by atoms with Crippen molar-refractivity contribution in [1.82, 2.24) is 18.9 Å². The van der Waals surface area contributed by atoms with E-state index in [4.69, 9.17) is 5.11 Å². The zero-order valence-electron chi connectivity index (χ0n) is 11.4. The van der Waals surface area contributed by atoms with Crippen molar-refractivity contribution in [3.05, 3.63) is 33.3 Å². The van der Waals surface area contributed by atoms with Crippen molar-refractivity contribution >= 4 is 17.5 Å². The monoisotopic (exact) mass is 294 g/mol. The van der Waals surface area contributed by atoms with Crippen molar-refractivity contribution in [2.24, 2.45) is 0 Å². The number of rotatable bonds is 4. The fourth-order valence-corrected chi connectivity index (χ4v) is 2.72. The molecule has 0 saturated carbocycles. The van der Waals surface area contributed by atoms with Gasteiger partial charge in [-0.05, 0) is 32.8 Å². The summed E-state index contributed by atoms with van der Waals surface area (Å²) in [5.41, 5.74) is 1.57. The third kappa shape index (κ3) is 2.74. The van der Waals surface area contributed by atoms with Crippen LogP contribution < -0.4 is 5.69 Å². The molecule has 0 bridgehead atoms. The number of hydrogen-bond acceptors (Lipinski definition) is 6. The molecule has 0 aromatic carbocycles. The SMILES string of the molecule is Cc1nsc(-n2c(C)c(CCC(=O)O)c(C)nc2=O)n1. The summed E-state index contributed by atoms with van der Waals surface area (Å²) in [6, 6.07) is 0. The van der Waals surface area contributed by atoms with Gasteiger partial charge < -0.3 is 5.11 Å². The van der Waals surface area contributed by atoms with Crippen LogP contribution in [0, 0.1) is 20.8 Å². The van der Waals surface area contributed by atoms with E-state index < -0.39 is 11.7 Å². The van der Waals surface area contributed by atoms with Gasteiger partial charge in [0.2, 0.25) is 5.13 Å². The molecule has 0 amide bonds. The van der Waals surface area contributed by atoms with Crippen LogP contribution >= 0.6 is 11.5 Å². The van der Waals surface area contributed by atoms with Gasteiger partial charge in [-0.3, -0.25) is 4.79 Å². The average molecular weight is 294 g/mol. The van der Waals surface area contributed by atoms with Crippen LogP contribution in [0.15, 0.2) is 4.79 Å². The molecule has 0 saturated heterocycles. The Kier molecular flexibility index (Phi) is 3.93. The number of nitrogens with zero attached hydrogens (tertiary/aromatic N) is 4. The first-order valence-electron chi connectivity index (χ1n) is 6.01. The second-order valence-electron chi connectivity index (χ2n) is 4.40. The fraction of sp³-hybridized carbons (Fsp3) is 0.417. The normalized spacial score (nSPS) is 10.8. The lowest BCUT2D eigenvalue weighted by atomic mass is 10.1. The largest absolute Gasteiger partial charge is 0.481 e.